The summed E-state index contributed by atoms with van der Waals surface area (Å²) in [6.45, 7) is 2.43. The topological polar surface area (TPSA) is 8.17 Å². The van der Waals surface area contributed by atoms with Crippen molar-refractivity contribution in [3.05, 3.63) is 248 Å². The van der Waals surface area contributed by atoms with Crippen LogP contribution >= 0.6 is 0 Å². The molecule has 0 radical (unpaired) electrons. The summed E-state index contributed by atoms with van der Waals surface area (Å²) in [7, 11) is 0. The Morgan fingerprint density at radius 2 is 1.03 bits per heavy atom. The van der Waals surface area contributed by atoms with E-state index in [2.05, 4.69) is 253 Å². The number of nitrogens with zero attached hydrogens (tertiary/aromatic N) is 2. The molecule has 10 aromatic carbocycles. The lowest BCUT2D eigenvalue weighted by atomic mass is 9.74. The van der Waals surface area contributed by atoms with Crippen molar-refractivity contribution in [2.75, 3.05) is 4.90 Å². The number of hydrogen-bond donors (Lipinski definition) is 0. The molecular weight excluding hydrogens is 761 g/mol. The molecule has 0 spiro atoms. The third-order valence-corrected chi connectivity index (χ3v) is 13.3. The number of aromatic nitrogens is 1. The van der Waals surface area contributed by atoms with Crippen molar-refractivity contribution < 1.29 is 0 Å². The van der Waals surface area contributed by atoms with Gasteiger partial charge in [0.1, 0.15) is 0 Å². The van der Waals surface area contributed by atoms with Gasteiger partial charge in [-0.15, -0.1) is 0 Å². The first-order valence-corrected chi connectivity index (χ1v) is 22.0. The van der Waals surface area contributed by atoms with Crippen LogP contribution in [0.15, 0.2) is 242 Å². The molecule has 0 amide bonds. The van der Waals surface area contributed by atoms with Crippen LogP contribution in [0.1, 0.15) is 18.9 Å². The third-order valence-electron chi connectivity index (χ3n) is 13.3. The summed E-state index contributed by atoms with van der Waals surface area (Å²) in [4.78, 5) is 2.49. The predicted octanol–water partition coefficient (Wildman–Crippen LogP) is 16.5. The second-order valence-electron chi connectivity index (χ2n) is 17.1. The quantitative estimate of drug-likeness (QED) is 0.146. The minimum absolute atomic E-state index is 0.323. The molecule has 1 aromatic heterocycles. The van der Waals surface area contributed by atoms with E-state index >= 15 is 0 Å². The Hall–Kier alpha value is -7.94. The molecule has 0 bridgehead atoms. The highest BCUT2D eigenvalue weighted by atomic mass is 15.1. The Labute approximate surface area is 367 Å². The molecule has 0 fully saturated rings. The van der Waals surface area contributed by atoms with Crippen LogP contribution in [0.5, 0.6) is 0 Å². The van der Waals surface area contributed by atoms with Crippen LogP contribution in [0.25, 0.3) is 82.1 Å². The fourth-order valence-corrected chi connectivity index (χ4v) is 10.4. The van der Waals surface area contributed by atoms with Gasteiger partial charge in [-0.3, -0.25) is 0 Å². The van der Waals surface area contributed by atoms with Gasteiger partial charge in [-0.1, -0.05) is 189 Å². The Balaban J connectivity index is 1.02. The fourth-order valence-electron chi connectivity index (χ4n) is 10.4. The van der Waals surface area contributed by atoms with Crippen LogP contribution < -0.4 is 4.90 Å². The van der Waals surface area contributed by atoms with Crippen molar-refractivity contribution in [3.8, 4) is 27.9 Å². The van der Waals surface area contributed by atoms with E-state index in [0.29, 0.717) is 0 Å². The smallest absolute Gasteiger partial charge is 0.0547 e. The van der Waals surface area contributed by atoms with Crippen molar-refractivity contribution in [1.29, 1.82) is 0 Å². The highest BCUT2D eigenvalue weighted by Gasteiger charge is 2.33. The van der Waals surface area contributed by atoms with E-state index in [4.69, 9.17) is 0 Å². The van der Waals surface area contributed by atoms with Gasteiger partial charge >= 0.3 is 0 Å². The average Bonchev–Trinajstić information content (AvgIpc) is 3.70. The number of para-hydroxylation sites is 1. The molecule has 2 nitrogen and oxygen atoms in total. The largest absolute Gasteiger partial charge is 0.314 e. The fraction of sp³-hybridized carbons (Fsp3) is 0.0492. The maximum absolute atomic E-state index is 2.49. The maximum atomic E-state index is 2.49. The van der Waals surface area contributed by atoms with E-state index in [0.717, 1.165) is 17.8 Å². The van der Waals surface area contributed by atoms with Gasteiger partial charge in [0.05, 0.1) is 11.0 Å². The van der Waals surface area contributed by atoms with Crippen LogP contribution in [-0.2, 0) is 5.41 Å². The summed E-state index contributed by atoms with van der Waals surface area (Å²) >= 11 is 0. The second-order valence-corrected chi connectivity index (χ2v) is 17.1. The lowest BCUT2D eigenvalue weighted by Gasteiger charge is -2.37. The van der Waals surface area contributed by atoms with Gasteiger partial charge in [0.15, 0.2) is 0 Å². The number of anilines is 2. The highest BCUT2D eigenvalue weighted by Crippen LogP contribution is 2.47. The van der Waals surface area contributed by atoms with Gasteiger partial charge < -0.3 is 9.47 Å². The Bertz CT molecular complexity index is 3590. The summed E-state index contributed by atoms with van der Waals surface area (Å²) in [5.74, 6) is 0. The van der Waals surface area contributed by atoms with Crippen molar-refractivity contribution >= 4 is 65.5 Å². The number of benzene rings is 10. The summed E-state index contributed by atoms with van der Waals surface area (Å²) in [5, 5.41) is 10.2. The molecule has 0 aliphatic heterocycles. The van der Waals surface area contributed by atoms with E-state index in [1.54, 1.807) is 0 Å². The van der Waals surface area contributed by atoms with Crippen LogP contribution in [0.4, 0.5) is 11.4 Å². The molecule has 1 heterocycles. The summed E-state index contributed by atoms with van der Waals surface area (Å²) in [6.07, 6.45) is 7.85. The first kappa shape index (κ1) is 36.9. The highest BCUT2D eigenvalue weighted by molar-refractivity contribution is 6.22. The van der Waals surface area contributed by atoms with E-state index in [1.807, 2.05) is 0 Å². The van der Waals surface area contributed by atoms with Crippen LogP contribution in [0.2, 0.25) is 0 Å². The van der Waals surface area contributed by atoms with Crippen molar-refractivity contribution in [1.82, 2.24) is 4.57 Å². The van der Waals surface area contributed by atoms with Gasteiger partial charge in [-0.05, 0) is 115 Å². The zero-order valence-electron chi connectivity index (χ0n) is 35.1. The number of rotatable bonds is 7. The van der Waals surface area contributed by atoms with E-state index in [9.17, 15) is 0 Å². The minimum atomic E-state index is -0.323. The molecule has 12 rings (SSSR count). The predicted molar refractivity (Wildman–Crippen MR) is 268 cm³/mol. The summed E-state index contributed by atoms with van der Waals surface area (Å²) in [6, 6.07) is 80.0. The molecule has 11 aromatic rings. The Morgan fingerprint density at radius 3 is 1.81 bits per heavy atom. The van der Waals surface area contributed by atoms with Crippen molar-refractivity contribution in [3.63, 3.8) is 0 Å². The third kappa shape index (κ3) is 6.17. The van der Waals surface area contributed by atoms with Gasteiger partial charge in [-0.2, -0.15) is 0 Å². The molecule has 1 unspecified atom stereocenters. The molecule has 2 heteroatoms. The molecule has 1 atom stereocenters. The van der Waals surface area contributed by atoms with E-state index in [1.165, 1.54) is 93.3 Å². The normalized spacial score (nSPS) is 15.1. The Morgan fingerprint density at radius 1 is 0.444 bits per heavy atom. The van der Waals surface area contributed by atoms with Gasteiger partial charge in [0.25, 0.3) is 0 Å². The summed E-state index contributed by atoms with van der Waals surface area (Å²) < 4.78 is 2.45. The standard InChI is InChI=1S/C61H44N2/c1-61(56-27-14-28-57-60(56)59-55-26-11-9-19-44(55)33-38-58(59)63(57)47-20-6-3-7-21-47)39-15-22-50(41-61)62(49-36-37-54-46(40-49)30-29-43-18-8-10-23-52(43)54)48-34-31-45(32-35-48)53-25-13-12-24-51(53)42-16-4-2-5-17-42/h2-40H,41H2,1H3. The van der Waals surface area contributed by atoms with Crippen LogP contribution in [0.3, 0.4) is 0 Å². The van der Waals surface area contributed by atoms with Crippen molar-refractivity contribution in [2.24, 2.45) is 0 Å². The van der Waals surface area contributed by atoms with Crippen LogP contribution in [-0.4, -0.2) is 4.57 Å². The molecule has 0 saturated heterocycles. The number of fused-ring (bicyclic) bond motifs is 8. The molecule has 298 valence electrons. The minimum Gasteiger partial charge on any atom is -0.314 e. The zero-order chi connectivity index (χ0) is 41.9. The van der Waals surface area contributed by atoms with E-state index in [-0.39, 0.29) is 5.41 Å². The molecule has 1 aliphatic rings. The first-order chi connectivity index (χ1) is 31.1. The van der Waals surface area contributed by atoms with Gasteiger partial charge in [0.2, 0.25) is 0 Å². The lowest BCUT2D eigenvalue weighted by molar-refractivity contribution is 0.580. The second kappa shape index (κ2) is 14.9. The monoisotopic (exact) mass is 804 g/mol. The first-order valence-electron chi connectivity index (χ1n) is 22.0. The molecule has 0 N–H and O–H groups in total. The SMILES string of the molecule is CC1(c2cccc3c2c2c4ccccc4ccc2n3-c2ccccc2)C=CC=C(N(c2ccc(-c3ccccc3-c3ccccc3)cc2)c2ccc3c(ccc4ccccc43)c2)C1. The Kier molecular flexibility index (Phi) is 8.72. The number of allylic oxidation sites excluding steroid dienone is 4. The van der Waals surface area contributed by atoms with Crippen molar-refractivity contribution in [2.45, 2.75) is 18.8 Å². The van der Waals surface area contributed by atoms with Crippen LogP contribution in [0, 0.1) is 0 Å². The van der Waals surface area contributed by atoms with Gasteiger partial charge in [0, 0.05) is 45.4 Å². The zero-order valence-corrected chi connectivity index (χ0v) is 35.1. The molecule has 63 heavy (non-hydrogen) atoms. The lowest BCUT2D eigenvalue weighted by Crippen LogP contribution is -2.28. The molecule has 1 aliphatic carbocycles. The maximum Gasteiger partial charge on any atom is 0.0547 e. The average molecular weight is 805 g/mol. The molecule has 0 saturated carbocycles. The van der Waals surface area contributed by atoms with E-state index < -0.39 is 0 Å². The van der Waals surface area contributed by atoms with Gasteiger partial charge in [-0.25, -0.2) is 0 Å². The summed E-state index contributed by atoms with van der Waals surface area (Å²) in [5.41, 5.74) is 13.0. The number of hydrogen-bond acceptors (Lipinski definition) is 1. The molecular formula is C61H44N2.